The smallest absolute Gasteiger partial charge is 0.0464 e. The van der Waals surface area contributed by atoms with Gasteiger partial charge in [-0.15, -0.1) is 0 Å². The van der Waals surface area contributed by atoms with Crippen LogP contribution in [-0.4, -0.2) is 4.98 Å². The highest BCUT2D eigenvalue weighted by Crippen LogP contribution is 2.25. The van der Waals surface area contributed by atoms with Crippen LogP contribution in [0.15, 0.2) is 48.5 Å². The van der Waals surface area contributed by atoms with Crippen molar-refractivity contribution in [3.05, 3.63) is 59.7 Å². The molecule has 1 aromatic heterocycles. The molecule has 0 radical (unpaired) electrons. The van der Waals surface area contributed by atoms with Gasteiger partial charge in [0.15, 0.2) is 0 Å². The molecule has 1 nitrogen and oxygen atoms in total. The predicted molar refractivity (Wildman–Crippen MR) is 77.8 cm³/mol. The summed E-state index contributed by atoms with van der Waals surface area (Å²) in [4.78, 5) is 3.51. The third-order valence-corrected chi connectivity index (χ3v) is 3.46. The van der Waals surface area contributed by atoms with Gasteiger partial charge in [-0.3, -0.25) is 0 Å². The van der Waals surface area contributed by atoms with Gasteiger partial charge >= 0.3 is 0 Å². The Morgan fingerprint density at radius 1 is 0.944 bits per heavy atom. The Kier molecular flexibility index (Phi) is 2.67. The van der Waals surface area contributed by atoms with Crippen molar-refractivity contribution in [1.29, 1.82) is 0 Å². The van der Waals surface area contributed by atoms with Gasteiger partial charge in [-0.25, -0.2) is 0 Å². The van der Waals surface area contributed by atoms with E-state index in [0.29, 0.717) is 0 Å². The van der Waals surface area contributed by atoms with Gasteiger partial charge < -0.3 is 4.98 Å². The summed E-state index contributed by atoms with van der Waals surface area (Å²) in [6.07, 6.45) is 1.08. The van der Waals surface area contributed by atoms with E-state index >= 15 is 0 Å². The number of nitrogens with one attached hydrogen (secondary N) is 1. The van der Waals surface area contributed by atoms with Gasteiger partial charge in [-0.1, -0.05) is 48.9 Å². The molecule has 0 bridgehead atoms. The maximum absolute atomic E-state index is 3.51. The van der Waals surface area contributed by atoms with Crippen LogP contribution in [0.5, 0.6) is 0 Å². The molecule has 1 N–H and O–H groups in total. The van der Waals surface area contributed by atoms with Gasteiger partial charge in [0.2, 0.25) is 0 Å². The first-order valence-electron chi connectivity index (χ1n) is 6.45. The molecule has 0 unspecified atom stereocenters. The summed E-state index contributed by atoms with van der Waals surface area (Å²) < 4.78 is 0. The van der Waals surface area contributed by atoms with E-state index in [2.05, 4.69) is 67.4 Å². The van der Waals surface area contributed by atoms with E-state index in [1.54, 1.807) is 0 Å². The lowest BCUT2D eigenvalue weighted by atomic mass is 10.1. The van der Waals surface area contributed by atoms with Crippen LogP contribution < -0.4 is 0 Å². The summed E-state index contributed by atoms with van der Waals surface area (Å²) in [6.45, 7) is 4.30. The van der Waals surface area contributed by atoms with Crippen LogP contribution in [0.4, 0.5) is 0 Å². The number of hydrogen-bond acceptors (Lipinski definition) is 0. The molecule has 1 heteroatoms. The average Bonchev–Trinajstić information content (AvgIpc) is 2.82. The standard InChI is InChI=1S/C17H17N/c1-3-13-6-9-15-11-17(18-16(15)10-13)14-7-4-12(2)5-8-14/h4-11,18H,3H2,1-2H3. The van der Waals surface area contributed by atoms with Crippen molar-refractivity contribution in [2.45, 2.75) is 20.3 Å². The molecule has 0 spiro atoms. The summed E-state index contributed by atoms with van der Waals surface area (Å²) in [6, 6.07) is 17.5. The first kappa shape index (κ1) is 11.1. The molecule has 0 amide bonds. The first-order chi connectivity index (χ1) is 8.76. The number of hydrogen-bond donors (Lipinski definition) is 1. The Balaban J connectivity index is 2.10. The van der Waals surface area contributed by atoms with Crippen molar-refractivity contribution in [3.8, 4) is 11.3 Å². The molecule has 0 saturated heterocycles. The van der Waals surface area contributed by atoms with Gasteiger partial charge in [0, 0.05) is 16.6 Å². The molecular weight excluding hydrogens is 218 g/mol. The van der Waals surface area contributed by atoms with Crippen molar-refractivity contribution < 1.29 is 0 Å². The van der Waals surface area contributed by atoms with E-state index in [1.165, 1.54) is 33.3 Å². The minimum Gasteiger partial charge on any atom is -0.355 e. The van der Waals surface area contributed by atoms with E-state index in [4.69, 9.17) is 0 Å². The molecule has 0 aliphatic carbocycles. The fraction of sp³-hybridized carbons (Fsp3) is 0.176. The number of benzene rings is 2. The van der Waals surface area contributed by atoms with Crippen LogP contribution in [0, 0.1) is 6.92 Å². The van der Waals surface area contributed by atoms with Gasteiger partial charge in [0.25, 0.3) is 0 Å². The third-order valence-electron chi connectivity index (χ3n) is 3.46. The zero-order valence-electron chi connectivity index (χ0n) is 10.8. The van der Waals surface area contributed by atoms with Gasteiger partial charge in [-0.05, 0) is 36.6 Å². The lowest BCUT2D eigenvalue weighted by molar-refractivity contribution is 1.14. The SMILES string of the molecule is CCc1ccc2cc(-c3ccc(C)cc3)[nH]c2c1. The van der Waals surface area contributed by atoms with Crippen LogP contribution in [0.2, 0.25) is 0 Å². The molecule has 0 aliphatic rings. The largest absolute Gasteiger partial charge is 0.355 e. The second-order valence-corrected chi connectivity index (χ2v) is 4.82. The monoisotopic (exact) mass is 235 g/mol. The first-order valence-corrected chi connectivity index (χ1v) is 6.45. The van der Waals surface area contributed by atoms with E-state index in [0.717, 1.165) is 6.42 Å². The van der Waals surface area contributed by atoms with E-state index in [9.17, 15) is 0 Å². The lowest BCUT2D eigenvalue weighted by Crippen LogP contribution is -1.79. The lowest BCUT2D eigenvalue weighted by Gasteiger charge is -1.98. The number of aryl methyl sites for hydroxylation is 2. The molecule has 0 aliphatic heterocycles. The molecule has 90 valence electrons. The third kappa shape index (κ3) is 1.92. The number of rotatable bonds is 2. The molecule has 1 heterocycles. The van der Waals surface area contributed by atoms with Crippen molar-refractivity contribution >= 4 is 10.9 Å². The van der Waals surface area contributed by atoms with Crippen molar-refractivity contribution in [2.75, 3.05) is 0 Å². The molecule has 18 heavy (non-hydrogen) atoms. The molecule has 3 aromatic rings. The number of H-pyrrole nitrogens is 1. The minimum absolute atomic E-state index is 1.08. The normalized spacial score (nSPS) is 11.0. The van der Waals surface area contributed by atoms with Crippen LogP contribution >= 0.6 is 0 Å². The summed E-state index contributed by atoms with van der Waals surface area (Å²) in [5.74, 6) is 0. The zero-order chi connectivity index (χ0) is 12.5. The van der Waals surface area contributed by atoms with Crippen LogP contribution in [0.1, 0.15) is 18.1 Å². The fourth-order valence-electron chi connectivity index (χ4n) is 2.28. The van der Waals surface area contributed by atoms with Gasteiger partial charge in [-0.2, -0.15) is 0 Å². The number of fused-ring (bicyclic) bond motifs is 1. The highest BCUT2D eigenvalue weighted by Gasteiger charge is 2.03. The Morgan fingerprint density at radius 2 is 1.72 bits per heavy atom. The number of aromatic amines is 1. The number of aromatic nitrogens is 1. The highest BCUT2D eigenvalue weighted by atomic mass is 14.7. The summed E-state index contributed by atoms with van der Waals surface area (Å²) in [5.41, 5.74) is 6.33. The molecule has 2 aromatic carbocycles. The van der Waals surface area contributed by atoms with Crippen molar-refractivity contribution in [2.24, 2.45) is 0 Å². The Bertz CT molecular complexity index is 674. The topological polar surface area (TPSA) is 15.8 Å². The van der Waals surface area contributed by atoms with Crippen molar-refractivity contribution in [3.63, 3.8) is 0 Å². The van der Waals surface area contributed by atoms with Crippen LogP contribution in [0.25, 0.3) is 22.2 Å². The van der Waals surface area contributed by atoms with E-state index in [-0.39, 0.29) is 0 Å². The molecule has 3 rings (SSSR count). The zero-order valence-corrected chi connectivity index (χ0v) is 10.8. The second kappa shape index (κ2) is 4.34. The molecule has 0 fully saturated rings. The Morgan fingerprint density at radius 3 is 2.44 bits per heavy atom. The van der Waals surface area contributed by atoms with Crippen LogP contribution in [-0.2, 0) is 6.42 Å². The van der Waals surface area contributed by atoms with Crippen LogP contribution in [0.3, 0.4) is 0 Å². The second-order valence-electron chi connectivity index (χ2n) is 4.82. The summed E-state index contributed by atoms with van der Waals surface area (Å²) >= 11 is 0. The maximum atomic E-state index is 3.51. The Labute approximate surface area is 107 Å². The molecule has 0 atom stereocenters. The highest BCUT2D eigenvalue weighted by molar-refractivity contribution is 5.86. The Hall–Kier alpha value is -2.02. The van der Waals surface area contributed by atoms with Crippen molar-refractivity contribution in [1.82, 2.24) is 4.98 Å². The molecule has 0 saturated carbocycles. The maximum Gasteiger partial charge on any atom is 0.0464 e. The van der Waals surface area contributed by atoms with Gasteiger partial charge in [0.1, 0.15) is 0 Å². The van der Waals surface area contributed by atoms with E-state index in [1.807, 2.05) is 0 Å². The quantitative estimate of drug-likeness (QED) is 0.662. The minimum atomic E-state index is 1.08. The fourth-order valence-corrected chi connectivity index (χ4v) is 2.28. The average molecular weight is 235 g/mol. The predicted octanol–water partition coefficient (Wildman–Crippen LogP) is 4.71. The summed E-state index contributed by atoms with van der Waals surface area (Å²) in [5, 5.41) is 1.28. The van der Waals surface area contributed by atoms with Gasteiger partial charge in [0.05, 0.1) is 0 Å². The van der Waals surface area contributed by atoms with E-state index < -0.39 is 0 Å². The summed E-state index contributed by atoms with van der Waals surface area (Å²) in [7, 11) is 0. The molecular formula is C17H17N.